The van der Waals surface area contributed by atoms with E-state index in [0.717, 1.165) is 44.4 Å². The first kappa shape index (κ1) is 33.5. The van der Waals surface area contributed by atoms with Gasteiger partial charge in [0.1, 0.15) is 0 Å². The SMILES string of the molecule is c1ccc(-c2nc(-n3c4ccc(-c5ccc6c(c5)c5c7cccc8c7c(cc5n6-c5ccccc5)-c5ccccc5-8)cc4c4c5ccccc5ccc43)nc3ccccc23)cc1. The molecule has 4 heteroatoms. The summed E-state index contributed by atoms with van der Waals surface area (Å²) < 4.78 is 4.71. The number of rotatable bonds is 4. The van der Waals surface area contributed by atoms with E-state index in [2.05, 4.69) is 209 Å². The molecule has 0 radical (unpaired) electrons. The number of para-hydroxylation sites is 2. The van der Waals surface area contributed by atoms with Crippen LogP contribution in [0.15, 0.2) is 206 Å². The van der Waals surface area contributed by atoms with E-state index in [0.29, 0.717) is 5.95 Å². The van der Waals surface area contributed by atoms with E-state index >= 15 is 0 Å². The summed E-state index contributed by atoms with van der Waals surface area (Å²) in [4.78, 5) is 10.6. The van der Waals surface area contributed by atoms with Crippen LogP contribution < -0.4 is 0 Å². The van der Waals surface area contributed by atoms with E-state index < -0.39 is 0 Å². The molecule has 0 bridgehead atoms. The van der Waals surface area contributed by atoms with Gasteiger partial charge in [-0.3, -0.25) is 4.57 Å². The molecule has 0 saturated heterocycles. The van der Waals surface area contributed by atoms with E-state index in [-0.39, 0.29) is 0 Å². The molecule has 0 unspecified atom stereocenters. The number of aromatic nitrogens is 4. The molecule has 0 spiro atoms. The lowest BCUT2D eigenvalue weighted by Gasteiger charge is -2.12. The Balaban J connectivity index is 1.04. The molecular weight excluding hydrogens is 753 g/mol. The van der Waals surface area contributed by atoms with Crippen molar-refractivity contribution in [1.82, 2.24) is 19.1 Å². The van der Waals surface area contributed by atoms with Crippen molar-refractivity contribution in [3.8, 4) is 56.3 Å². The van der Waals surface area contributed by atoms with Gasteiger partial charge < -0.3 is 4.57 Å². The van der Waals surface area contributed by atoms with Gasteiger partial charge in [-0.2, -0.15) is 0 Å². The maximum Gasteiger partial charge on any atom is 0.235 e. The summed E-state index contributed by atoms with van der Waals surface area (Å²) in [6.07, 6.45) is 0. The lowest BCUT2D eigenvalue weighted by Crippen LogP contribution is -2.03. The maximum atomic E-state index is 5.37. The molecule has 4 nitrogen and oxygen atoms in total. The average Bonchev–Trinajstić information content (AvgIpc) is 3.98. The molecule has 0 aliphatic heterocycles. The molecule has 10 aromatic carbocycles. The Hall–Kier alpha value is -8.34. The Labute approximate surface area is 356 Å². The molecule has 0 fully saturated rings. The molecule has 3 heterocycles. The van der Waals surface area contributed by atoms with Crippen LogP contribution in [0.5, 0.6) is 0 Å². The van der Waals surface area contributed by atoms with Crippen LogP contribution in [0.4, 0.5) is 0 Å². The summed E-state index contributed by atoms with van der Waals surface area (Å²) in [6.45, 7) is 0. The van der Waals surface area contributed by atoms with Crippen LogP contribution >= 0.6 is 0 Å². The van der Waals surface area contributed by atoms with Crippen molar-refractivity contribution in [3.63, 3.8) is 0 Å². The summed E-state index contributed by atoms with van der Waals surface area (Å²) in [5.74, 6) is 0.658. The Morgan fingerprint density at radius 3 is 1.69 bits per heavy atom. The van der Waals surface area contributed by atoms with E-state index in [1.54, 1.807) is 0 Å². The number of benzene rings is 10. The van der Waals surface area contributed by atoms with E-state index in [4.69, 9.17) is 9.97 Å². The standard InChI is InChI=1S/C58H34N4/c1-3-15-36(16-4-1)57-44-22-11-12-25-49(44)59-58(60-57)62-51-30-28-38(33-48(51)55-40-19-8-7-14-35(40)26-31-52(55)62)37-27-29-50-47(32-37)56-45-24-13-23-43-41-20-9-10-21-42(41)46(54(43)45)34-53(56)61(50)39-17-5-2-6-18-39/h1-34H. The lowest BCUT2D eigenvalue weighted by atomic mass is 9.96. The van der Waals surface area contributed by atoms with Gasteiger partial charge >= 0.3 is 0 Å². The summed E-state index contributed by atoms with van der Waals surface area (Å²) in [7, 11) is 0. The highest BCUT2D eigenvalue weighted by Crippen LogP contribution is 2.51. The van der Waals surface area contributed by atoms with E-state index in [1.807, 2.05) is 6.07 Å². The van der Waals surface area contributed by atoms with Crippen molar-refractivity contribution in [2.45, 2.75) is 0 Å². The van der Waals surface area contributed by atoms with Crippen molar-refractivity contribution < 1.29 is 0 Å². The van der Waals surface area contributed by atoms with Gasteiger partial charge in [-0.1, -0.05) is 152 Å². The fourth-order valence-electron chi connectivity index (χ4n) is 10.6. The summed E-state index contributed by atoms with van der Waals surface area (Å²) in [6, 6.07) is 74.9. The van der Waals surface area contributed by atoms with E-state index in [1.165, 1.54) is 81.9 Å². The highest BCUT2D eigenvalue weighted by Gasteiger charge is 2.26. The van der Waals surface area contributed by atoms with Crippen LogP contribution in [0.2, 0.25) is 0 Å². The van der Waals surface area contributed by atoms with Crippen LogP contribution in [-0.2, 0) is 0 Å². The first-order valence-electron chi connectivity index (χ1n) is 21.2. The quantitative estimate of drug-likeness (QED) is 0.178. The van der Waals surface area contributed by atoms with Crippen molar-refractivity contribution in [2.24, 2.45) is 0 Å². The van der Waals surface area contributed by atoms with Gasteiger partial charge in [-0.05, 0) is 110 Å². The highest BCUT2D eigenvalue weighted by molar-refractivity contribution is 6.30. The number of fused-ring (bicyclic) bond motifs is 13. The Morgan fingerprint density at radius 2 is 0.903 bits per heavy atom. The van der Waals surface area contributed by atoms with Crippen molar-refractivity contribution >= 4 is 76.1 Å². The molecule has 1 aliphatic rings. The minimum Gasteiger partial charge on any atom is -0.309 e. The molecule has 14 rings (SSSR count). The zero-order valence-electron chi connectivity index (χ0n) is 33.4. The predicted molar refractivity (Wildman–Crippen MR) is 259 cm³/mol. The largest absolute Gasteiger partial charge is 0.309 e. The molecule has 13 aromatic rings. The second kappa shape index (κ2) is 12.6. The number of hydrogen-bond donors (Lipinski definition) is 0. The van der Waals surface area contributed by atoms with Crippen LogP contribution in [0.1, 0.15) is 0 Å². The second-order valence-corrected chi connectivity index (χ2v) is 16.5. The summed E-state index contributed by atoms with van der Waals surface area (Å²) >= 11 is 0. The van der Waals surface area contributed by atoms with Gasteiger partial charge in [-0.25, -0.2) is 9.97 Å². The minimum atomic E-state index is 0.658. The first-order chi connectivity index (χ1) is 30.8. The number of hydrogen-bond acceptors (Lipinski definition) is 2. The third kappa shape index (κ3) is 4.61. The fraction of sp³-hybridized carbons (Fsp3) is 0. The second-order valence-electron chi connectivity index (χ2n) is 16.5. The maximum absolute atomic E-state index is 5.37. The van der Waals surface area contributed by atoms with Gasteiger partial charge in [-0.15, -0.1) is 0 Å². The fourth-order valence-corrected chi connectivity index (χ4v) is 10.6. The molecule has 3 aromatic heterocycles. The van der Waals surface area contributed by atoms with Gasteiger partial charge in [0.2, 0.25) is 5.95 Å². The van der Waals surface area contributed by atoms with Gasteiger partial charge in [0.05, 0.1) is 33.3 Å². The molecule has 0 amide bonds. The number of nitrogens with zero attached hydrogens (tertiary/aromatic N) is 4. The summed E-state index contributed by atoms with van der Waals surface area (Å²) in [5.41, 5.74) is 16.2. The Bertz CT molecular complexity index is 4030. The molecule has 0 N–H and O–H groups in total. The molecular formula is C58H34N4. The molecule has 62 heavy (non-hydrogen) atoms. The molecule has 1 aliphatic carbocycles. The summed E-state index contributed by atoms with van der Waals surface area (Å²) in [5, 5.41) is 11.0. The van der Waals surface area contributed by atoms with Gasteiger partial charge in [0.15, 0.2) is 0 Å². The van der Waals surface area contributed by atoms with Gasteiger partial charge in [0.25, 0.3) is 0 Å². The van der Waals surface area contributed by atoms with Gasteiger partial charge in [0, 0.05) is 38.2 Å². The van der Waals surface area contributed by atoms with Crippen LogP contribution in [-0.4, -0.2) is 19.1 Å². The Morgan fingerprint density at radius 1 is 0.306 bits per heavy atom. The average molecular weight is 787 g/mol. The zero-order chi connectivity index (χ0) is 40.5. The van der Waals surface area contributed by atoms with Crippen LogP contribution in [0.25, 0.3) is 132 Å². The predicted octanol–water partition coefficient (Wildman–Crippen LogP) is 15.1. The first-order valence-corrected chi connectivity index (χ1v) is 21.2. The van der Waals surface area contributed by atoms with Crippen molar-refractivity contribution in [3.05, 3.63) is 206 Å². The topological polar surface area (TPSA) is 35.6 Å². The zero-order valence-corrected chi connectivity index (χ0v) is 33.4. The van der Waals surface area contributed by atoms with E-state index in [9.17, 15) is 0 Å². The van der Waals surface area contributed by atoms with Crippen LogP contribution in [0.3, 0.4) is 0 Å². The molecule has 0 saturated carbocycles. The monoisotopic (exact) mass is 786 g/mol. The normalized spacial score (nSPS) is 12.2. The molecule has 286 valence electrons. The minimum absolute atomic E-state index is 0.658. The third-order valence-electron chi connectivity index (χ3n) is 13.2. The lowest BCUT2D eigenvalue weighted by molar-refractivity contribution is 1.01. The molecule has 0 atom stereocenters. The van der Waals surface area contributed by atoms with Crippen LogP contribution in [0, 0.1) is 0 Å². The van der Waals surface area contributed by atoms with Crippen molar-refractivity contribution in [2.75, 3.05) is 0 Å². The smallest absolute Gasteiger partial charge is 0.235 e. The highest BCUT2D eigenvalue weighted by atomic mass is 15.2. The third-order valence-corrected chi connectivity index (χ3v) is 13.2. The Kier molecular flexibility index (Phi) is 6.80. The van der Waals surface area contributed by atoms with Crippen molar-refractivity contribution in [1.29, 1.82) is 0 Å².